The molecular weight excluding hydrogens is 204 g/mol. The highest BCUT2D eigenvalue weighted by Gasteiger charge is 2.12. The molecule has 0 aliphatic heterocycles. The van der Waals surface area contributed by atoms with Crippen LogP contribution in [-0.4, -0.2) is 20.2 Å². The van der Waals surface area contributed by atoms with E-state index < -0.39 is 0 Å². The zero-order valence-corrected chi connectivity index (χ0v) is 9.25. The van der Waals surface area contributed by atoms with E-state index in [1.54, 1.807) is 22.9 Å². The van der Waals surface area contributed by atoms with Crippen LogP contribution in [0.4, 0.5) is 11.4 Å². The number of benzene rings is 1. The van der Waals surface area contributed by atoms with Crippen molar-refractivity contribution in [1.82, 2.24) is 20.2 Å². The molecule has 84 valence electrons. The predicted molar refractivity (Wildman–Crippen MR) is 62.5 cm³/mol. The number of nitrogens with two attached hydrogens (primary N) is 2. The molecule has 1 heterocycles. The smallest absolute Gasteiger partial charge is 0.182 e. The Morgan fingerprint density at radius 1 is 1.12 bits per heavy atom. The molecule has 0 unspecified atom stereocenters. The van der Waals surface area contributed by atoms with Gasteiger partial charge in [-0.2, -0.15) is 0 Å². The van der Waals surface area contributed by atoms with Crippen molar-refractivity contribution in [1.29, 1.82) is 0 Å². The van der Waals surface area contributed by atoms with Gasteiger partial charge in [0, 0.05) is 16.9 Å². The molecule has 2 rings (SSSR count). The van der Waals surface area contributed by atoms with Gasteiger partial charge in [-0.3, -0.25) is 0 Å². The topological polar surface area (TPSA) is 95.6 Å². The minimum absolute atomic E-state index is 0.188. The number of aromatic nitrogens is 4. The van der Waals surface area contributed by atoms with Gasteiger partial charge < -0.3 is 11.5 Å². The fourth-order valence-electron chi connectivity index (χ4n) is 1.54. The highest BCUT2D eigenvalue weighted by molar-refractivity contribution is 5.67. The maximum Gasteiger partial charge on any atom is 0.182 e. The molecule has 2 aromatic rings. The van der Waals surface area contributed by atoms with Crippen LogP contribution in [-0.2, 0) is 0 Å². The molecule has 0 saturated carbocycles. The number of hydrogen-bond acceptors (Lipinski definition) is 5. The fraction of sp³-hybridized carbons (Fsp3) is 0.300. The lowest BCUT2D eigenvalue weighted by molar-refractivity contribution is 0.519. The van der Waals surface area contributed by atoms with E-state index in [4.69, 9.17) is 11.5 Å². The number of nitrogens with zero attached hydrogens (tertiary/aromatic N) is 4. The Bertz CT molecular complexity index is 482. The van der Waals surface area contributed by atoms with Crippen molar-refractivity contribution in [3.63, 3.8) is 0 Å². The summed E-state index contributed by atoms with van der Waals surface area (Å²) in [6, 6.07) is 5.50. The van der Waals surface area contributed by atoms with Gasteiger partial charge in [0.25, 0.3) is 0 Å². The largest absolute Gasteiger partial charge is 0.399 e. The number of rotatable bonds is 2. The van der Waals surface area contributed by atoms with Crippen molar-refractivity contribution < 1.29 is 0 Å². The lowest BCUT2D eigenvalue weighted by Crippen LogP contribution is -2.05. The van der Waals surface area contributed by atoms with Gasteiger partial charge in [-0.25, -0.2) is 4.68 Å². The Kier molecular flexibility index (Phi) is 2.47. The van der Waals surface area contributed by atoms with E-state index in [1.165, 1.54) is 0 Å². The van der Waals surface area contributed by atoms with Crippen LogP contribution in [0.15, 0.2) is 18.2 Å². The van der Waals surface area contributed by atoms with E-state index >= 15 is 0 Å². The number of anilines is 2. The first-order valence-electron chi connectivity index (χ1n) is 5.02. The summed E-state index contributed by atoms with van der Waals surface area (Å²) in [7, 11) is 0. The van der Waals surface area contributed by atoms with Crippen LogP contribution >= 0.6 is 0 Å². The Morgan fingerprint density at radius 3 is 2.31 bits per heavy atom. The zero-order chi connectivity index (χ0) is 11.7. The standard InChI is InChI=1S/C10H14N6/c1-6(2)16-10(13-14-15-16)7-3-8(11)5-9(12)4-7/h3-6H,11-12H2,1-2H3. The van der Waals surface area contributed by atoms with Crippen molar-refractivity contribution in [2.45, 2.75) is 19.9 Å². The van der Waals surface area contributed by atoms with E-state index in [0.717, 1.165) is 5.56 Å². The second-order valence-electron chi connectivity index (χ2n) is 3.93. The molecule has 1 aromatic heterocycles. The molecule has 6 nitrogen and oxygen atoms in total. The Labute approximate surface area is 93.2 Å². The van der Waals surface area contributed by atoms with Crippen LogP contribution in [0.2, 0.25) is 0 Å². The third kappa shape index (κ3) is 1.81. The first-order chi connectivity index (χ1) is 7.58. The Hall–Kier alpha value is -2.11. The summed E-state index contributed by atoms with van der Waals surface area (Å²) in [5.41, 5.74) is 13.5. The zero-order valence-electron chi connectivity index (χ0n) is 9.25. The molecule has 0 fully saturated rings. The highest BCUT2D eigenvalue weighted by atomic mass is 15.5. The maximum absolute atomic E-state index is 5.73. The van der Waals surface area contributed by atoms with Crippen molar-refractivity contribution in [2.24, 2.45) is 0 Å². The van der Waals surface area contributed by atoms with Gasteiger partial charge in [0.05, 0.1) is 6.04 Å². The van der Waals surface area contributed by atoms with E-state index in [2.05, 4.69) is 15.5 Å². The fourth-order valence-corrected chi connectivity index (χ4v) is 1.54. The SMILES string of the molecule is CC(C)n1nnnc1-c1cc(N)cc(N)c1. The van der Waals surface area contributed by atoms with Gasteiger partial charge >= 0.3 is 0 Å². The molecule has 0 aliphatic carbocycles. The number of tetrazole rings is 1. The molecule has 0 atom stereocenters. The van der Waals surface area contributed by atoms with Crippen LogP contribution in [0, 0.1) is 0 Å². The normalized spacial score (nSPS) is 10.9. The first-order valence-corrected chi connectivity index (χ1v) is 5.02. The molecule has 4 N–H and O–H groups in total. The summed E-state index contributed by atoms with van der Waals surface area (Å²) in [6.45, 7) is 4.02. The molecule has 0 saturated heterocycles. The van der Waals surface area contributed by atoms with Gasteiger partial charge in [0.15, 0.2) is 5.82 Å². The summed E-state index contributed by atoms with van der Waals surface area (Å²) in [5, 5.41) is 11.6. The Balaban J connectivity index is 2.54. The van der Waals surface area contributed by atoms with Gasteiger partial charge in [-0.05, 0) is 42.5 Å². The van der Waals surface area contributed by atoms with Crippen LogP contribution in [0.25, 0.3) is 11.4 Å². The average molecular weight is 218 g/mol. The molecular formula is C10H14N6. The summed E-state index contributed by atoms with van der Waals surface area (Å²) in [5.74, 6) is 0.675. The van der Waals surface area contributed by atoms with Gasteiger partial charge in [-0.15, -0.1) is 5.10 Å². The minimum Gasteiger partial charge on any atom is -0.399 e. The monoisotopic (exact) mass is 218 g/mol. The third-order valence-corrected chi connectivity index (χ3v) is 2.22. The third-order valence-electron chi connectivity index (χ3n) is 2.22. The molecule has 0 radical (unpaired) electrons. The van der Waals surface area contributed by atoms with Crippen LogP contribution in [0.5, 0.6) is 0 Å². The van der Waals surface area contributed by atoms with Crippen molar-refractivity contribution >= 4 is 11.4 Å². The predicted octanol–water partition coefficient (Wildman–Crippen LogP) is 1.09. The summed E-state index contributed by atoms with van der Waals surface area (Å²) >= 11 is 0. The maximum atomic E-state index is 5.73. The first kappa shape index (κ1) is 10.4. The van der Waals surface area contributed by atoms with E-state index in [-0.39, 0.29) is 6.04 Å². The quantitative estimate of drug-likeness (QED) is 0.735. The lowest BCUT2D eigenvalue weighted by Gasteiger charge is -2.08. The molecule has 6 heteroatoms. The van der Waals surface area contributed by atoms with Gasteiger partial charge in [-0.1, -0.05) is 0 Å². The van der Waals surface area contributed by atoms with Crippen molar-refractivity contribution in [3.05, 3.63) is 18.2 Å². The molecule has 0 aliphatic rings. The second kappa shape index (κ2) is 3.80. The molecule has 16 heavy (non-hydrogen) atoms. The van der Waals surface area contributed by atoms with Crippen LogP contribution in [0.1, 0.15) is 19.9 Å². The summed E-state index contributed by atoms with van der Waals surface area (Å²) < 4.78 is 1.73. The molecule has 0 bridgehead atoms. The Morgan fingerprint density at radius 2 is 1.75 bits per heavy atom. The molecule has 1 aromatic carbocycles. The number of nitrogen functional groups attached to an aromatic ring is 2. The summed E-state index contributed by atoms with van der Waals surface area (Å²) in [4.78, 5) is 0. The van der Waals surface area contributed by atoms with E-state index in [1.807, 2.05) is 13.8 Å². The molecule has 0 spiro atoms. The van der Waals surface area contributed by atoms with Crippen molar-refractivity contribution in [3.8, 4) is 11.4 Å². The average Bonchev–Trinajstić information content (AvgIpc) is 2.63. The van der Waals surface area contributed by atoms with Gasteiger partial charge in [0.1, 0.15) is 0 Å². The number of hydrogen-bond donors (Lipinski definition) is 2. The highest BCUT2D eigenvalue weighted by Crippen LogP contribution is 2.23. The van der Waals surface area contributed by atoms with Crippen LogP contribution in [0.3, 0.4) is 0 Å². The van der Waals surface area contributed by atoms with Crippen LogP contribution < -0.4 is 11.5 Å². The van der Waals surface area contributed by atoms with Crippen molar-refractivity contribution in [2.75, 3.05) is 11.5 Å². The molecule has 0 amide bonds. The lowest BCUT2D eigenvalue weighted by atomic mass is 10.1. The van der Waals surface area contributed by atoms with Gasteiger partial charge in [0.2, 0.25) is 0 Å². The summed E-state index contributed by atoms with van der Waals surface area (Å²) in [6.07, 6.45) is 0. The second-order valence-corrected chi connectivity index (χ2v) is 3.93. The van der Waals surface area contributed by atoms with E-state index in [0.29, 0.717) is 17.2 Å². The minimum atomic E-state index is 0.188. The van der Waals surface area contributed by atoms with E-state index in [9.17, 15) is 0 Å².